The number of hydrogen-bond donors (Lipinski definition) is 0. The molecule has 3 nitrogen and oxygen atoms in total. The monoisotopic (exact) mass is 233 g/mol. The molecule has 1 rings (SSSR count). The summed E-state index contributed by atoms with van der Waals surface area (Å²) in [5.74, 6) is 1.56. The minimum absolute atomic E-state index is 0.593. The van der Waals surface area contributed by atoms with Gasteiger partial charge in [-0.2, -0.15) is 5.26 Å². The van der Waals surface area contributed by atoms with Gasteiger partial charge in [-0.1, -0.05) is 13.0 Å². The van der Waals surface area contributed by atoms with Gasteiger partial charge in [0.25, 0.3) is 0 Å². The number of unbranched alkanes of at least 4 members (excludes halogenated alkanes) is 2. The lowest BCUT2D eigenvalue weighted by molar-refractivity contribution is 0.287. The van der Waals surface area contributed by atoms with Gasteiger partial charge < -0.3 is 9.47 Å². The second kappa shape index (κ2) is 7.56. The average molecular weight is 233 g/mol. The van der Waals surface area contributed by atoms with Gasteiger partial charge in [-0.15, -0.1) is 0 Å². The van der Waals surface area contributed by atoms with Crippen LogP contribution < -0.4 is 9.47 Å². The van der Waals surface area contributed by atoms with Crippen molar-refractivity contribution in [1.29, 1.82) is 5.26 Å². The van der Waals surface area contributed by atoms with Crippen molar-refractivity contribution in [2.45, 2.75) is 32.6 Å². The number of methoxy groups -OCH3 is 1. The van der Waals surface area contributed by atoms with Crippen LogP contribution in [0.15, 0.2) is 18.2 Å². The van der Waals surface area contributed by atoms with Gasteiger partial charge in [0, 0.05) is 6.42 Å². The lowest BCUT2D eigenvalue weighted by atomic mass is 10.1. The molecule has 0 atom stereocenters. The Bertz CT molecular complexity index is 382. The summed E-state index contributed by atoms with van der Waals surface area (Å²) >= 11 is 0. The number of ether oxygens (including phenoxy) is 2. The van der Waals surface area contributed by atoms with Crippen LogP contribution in [0.25, 0.3) is 0 Å². The highest BCUT2D eigenvalue weighted by Gasteiger charge is 2.04. The fraction of sp³-hybridized carbons (Fsp3) is 0.500. The van der Waals surface area contributed by atoms with Crippen LogP contribution in [-0.4, -0.2) is 13.7 Å². The first-order valence-corrected chi connectivity index (χ1v) is 5.98. The van der Waals surface area contributed by atoms with E-state index in [4.69, 9.17) is 14.7 Å². The Morgan fingerprint density at radius 3 is 2.71 bits per heavy atom. The van der Waals surface area contributed by atoms with E-state index in [1.807, 2.05) is 18.2 Å². The highest BCUT2D eigenvalue weighted by molar-refractivity contribution is 5.42. The summed E-state index contributed by atoms with van der Waals surface area (Å²) in [6, 6.07) is 8.12. The van der Waals surface area contributed by atoms with Crippen LogP contribution >= 0.6 is 0 Å². The molecule has 0 bridgehead atoms. The summed E-state index contributed by atoms with van der Waals surface area (Å²) in [6.45, 7) is 2.74. The standard InChI is InChI=1S/C14H19NO2/c1-3-12-7-8-13(14(11-12)16-2)17-10-6-4-5-9-15/h7-8,11H,3-6,10H2,1-2H3. The Kier molecular flexibility index (Phi) is 5.95. The van der Waals surface area contributed by atoms with E-state index in [-0.39, 0.29) is 0 Å². The molecule has 0 saturated carbocycles. The second-order valence-electron chi connectivity index (χ2n) is 3.80. The van der Waals surface area contributed by atoms with Gasteiger partial charge in [0.1, 0.15) is 0 Å². The van der Waals surface area contributed by atoms with Gasteiger partial charge in [-0.25, -0.2) is 0 Å². The highest BCUT2D eigenvalue weighted by atomic mass is 16.5. The summed E-state index contributed by atoms with van der Waals surface area (Å²) in [7, 11) is 1.65. The van der Waals surface area contributed by atoms with Crippen LogP contribution in [-0.2, 0) is 6.42 Å². The van der Waals surface area contributed by atoms with Crippen LogP contribution in [0.1, 0.15) is 31.7 Å². The lowest BCUT2D eigenvalue weighted by Gasteiger charge is -2.11. The molecule has 0 aliphatic rings. The molecule has 1 aromatic carbocycles. The van der Waals surface area contributed by atoms with Crippen molar-refractivity contribution in [2.75, 3.05) is 13.7 Å². The van der Waals surface area contributed by atoms with Crippen LogP contribution in [0.3, 0.4) is 0 Å². The van der Waals surface area contributed by atoms with Crippen molar-refractivity contribution in [1.82, 2.24) is 0 Å². The maximum Gasteiger partial charge on any atom is 0.161 e. The zero-order chi connectivity index (χ0) is 12.5. The molecule has 0 spiro atoms. The molecule has 0 fully saturated rings. The lowest BCUT2D eigenvalue weighted by Crippen LogP contribution is -1.99. The Morgan fingerprint density at radius 2 is 2.06 bits per heavy atom. The van der Waals surface area contributed by atoms with Crippen LogP contribution in [0.5, 0.6) is 11.5 Å². The third-order valence-electron chi connectivity index (χ3n) is 2.58. The summed E-state index contributed by atoms with van der Waals surface area (Å²) < 4.78 is 10.9. The highest BCUT2D eigenvalue weighted by Crippen LogP contribution is 2.28. The Hall–Kier alpha value is -1.69. The minimum atomic E-state index is 0.593. The third-order valence-corrected chi connectivity index (χ3v) is 2.58. The number of benzene rings is 1. The maximum atomic E-state index is 8.41. The van der Waals surface area contributed by atoms with Crippen molar-refractivity contribution < 1.29 is 9.47 Å². The van der Waals surface area contributed by atoms with E-state index in [1.54, 1.807) is 7.11 Å². The summed E-state index contributed by atoms with van der Waals surface area (Å²) in [5.41, 5.74) is 1.23. The molecule has 92 valence electrons. The van der Waals surface area contributed by atoms with Crippen molar-refractivity contribution in [3.63, 3.8) is 0 Å². The van der Waals surface area contributed by atoms with E-state index < -0.39 is 0 Å². The minimum Gasteiger partial charge on any atom is -0.493 e. The average Bonchev–Trinajstić information content (AvgIpc) is 2.38. The Balaban J connectivity index is 2.50. The molecular weight excluding hydrogens is 214 g/mol. The Morgan fingerprint density at radius 1 is 1.24 bits per heavy atom. The fourth-order valence-corrected chi connectivity index (χ4v) is 1.54. The van der Waals surface area contributed by atoms with Gasteiger partial charge in [0.15, 0.2) is 11.5 Å². The second-order valence-corrected chi connectivity index (χ2v) is 3.80. The summed E-state index contributed by atoms with van der Waals surface area (Å²) in [6.07, 6.45) is 3.35. The number of rotatable bonds is 7. The van der Waals surface area contributed by atoms with E-state index in [2.05, 4.69) is 13.0 Å². The maximum absolute atomic E-state index is 8.41. The molecule has 3 heteroatoms. The van der Waals surface area contributed by atoms with E-state index in [0.29, 0.717) is 13.0 Å². The molecule has 0 amide bonds. The quantitative estimate of drug-likeness (QED) is 0.678. The number of hydrogen-bond acceptors (Lipinski definition) is 3. The van der Waals surface area contributed by atoms with E-state index in [0.717, 1.165) is 30.8 Å². The van der Waals surface area contributed by atoms with Gasteiger partial charge >= 0.3 is 0 Å². The number of nitriles is 1. The molecule has 17 heavy (non-hydrogen) atoms. The first-order valence-electron chi connectivity index (χ1n) is 5.98. The number of nitrogens with zero attached hydrogens (tertiary/aromatic N) is 1. The normalized spacial score (nSPS) is 9.71. The largest absolute Gasteiger partial charge is 0.493 e. The van der Waals surface area contributed by atoms with Gasteiger partial charge in [-0.05, 0) is 37.0 Å². The first kappa shape index (κ1) is 13.4. The summed E-state index contributed by atoms with van der Waals surface area (Å²) in [4.78, 5) is 0. The van der Waals surface area contributed by atoms with Gasteiger partial charge in [0.05, 0.1) is 19.8 Å². The SMILES string of the molecule is CCc1ccc(OCCCCC#N)c(OC)c1. The zero-order valence-corrected chi connectivity index (χ0v) is 10.5. The van der Waals surface area contributed by atoms with Crippen LogP contribution in [0.2, 0.25) is 0 Å². The fourth-order valence-electron chi connectivity index (χ4n) is 1.54. The van der Waals surface area contributed by atoms with Crippen molar-refractivity contribution in [2.24, 2.45) is 0 Å². The molecule has 0 saturated heterocycles. The molecule has 0 unspecified atom stereocenters. The van der Waals surface area contributed by atoms with E-state index in [9.17, 15) is 0 Å². The summed E-state index contributed by atoms with van der Waals surface area (Å²) in [5, 5.41) is 8.41. The Labute approximate surface area is 103 Å². The van der Waals surface area contributed by atoms with E-state index >= 15 is 0 Å². The van der Waals surface area contributed by atoms with Gasteiger partial charge in [0.2, 0.25) is 0 Å². The molecular formula is C14H19NO2. The predicted octanol–water partition coefficient (Wildman–Crippen LogP) is 3.33. The van der Waals surface area contributed by atoms with Crippen molar-refractivity contribution in [3.8, 4) is 17.6 Å². The van der Waals surface area contributed by atoms with Crippen molar-refractivity contribution >= 4 is 0 Å². The van der Waals surface area contributed by atoms with Crippen LogP contribution in [0, 0.1) is 11.3 Å². The smallest absolute Gasteiger partial charge is 0.161 e. The molecule has 0 N–H and O–H groups in total. The van der Waals surface area contributed by atoms with Crippen LogP contribution in [0.4, 0.5) is 0 Å². The molecule has 1 aromatic rings. The molecule has 0 aromatic heterocycles. The first-order chi connectivity index (χ1) is 8.31. The zero-order valence-electron chi connectivity index (χ0n) is 10.5. The molecule has 0 heterocycles. The van der Waals surface area contributed by atoms with Crippen molar-refractivity contribution in [3.05, 3.63) is 23.8 Å². The predicted molar refractivity (Wildman–Crippen MR) is 67.3 cm³/mol. The number of aryl methyl sites for hydroxylation is 1. The topological polar surface area (TPSA) is 42.2 Å². The molecule has 0 aliphatic carbocycles. The van der Waals surface area contributed by atoms with E-state index in [1.165, 1.54) is 5.56 Å². The van der Waals surface area contributed by atoms with Gasteiger partial charge in [-0.3, -0.25) is 0 Å². The molecule has 0 radical (unpaired) electrons. The molecule has 0 aliphatic heterocycles. The third kappa shape index (κ3) is 4.36.